The second kappa shape index (κ2) is 4.87. The zero-order chi connectivity index (χ0) is 10.4. The van der Waals surface area contributed by atoms with Crippen LogP contribution in [0, 0.1) is 12.3 Å². The number of hydrogen-bond donors (Lipinski definition) is 1. The summed E-state index contributed by atoms with van der Waals surface area (Å²) in [4.78, 5) is 11.3. The van der Waals surface area contributed by atoms with E-state index in [1.165, 1.54) is 0 Å². The molecule has 0 aliphatic rings. The SMILES string of the molecule is C#CCNC(=O)c1ccn(CC=C)n1. The van der Waals surface area contributed by atoms with Crippen molar-refractivity contribution in [2.75, 3.05) is 6.54 Å². The Morgan fingerprint density at radius 1 is 1.86 bits per heavy atom. The summed E-state index contributed by atoms with van der Waals surface area (Å²) in [6, 6.07) is 1.63. The number of allylic oxidation sites excluding steroid dienone is 1. The van der Waals surface area contributed by atoms with Crippen LogP contribution in [0.2, 0.25) is 0 Å². The Hall–Kier alpha value is -2.02. The lowest BCUT2D eigenvalue weighted by Gasteiger charge is -1.96. The molecule has 0 unspecified atom stereocenters. The maximum atomic E-state index is 11.3. The van der Waals surface area contributed by atoms with Crippen molar-refractivity contribution in [2.24, 2.45) is 0 Å². The molecule has 4 nitrogen and oxygen atoms in total. The molecule has 0 saturated carbocycles. The minimum absolute atomic E-state index is 0.215. The molecule has 1 aromatic heterocycles. The predicted octanol–water partition coefficient (Wildman–Crippen LogP) is 0.432. The van der Waals surface area contributed by atoms with Gasteiger partial charge in [0.15, 0.2) is 0 Å². The van der Waals surface area contributed by atoms with E-state index in [4.69, 9.17) is 6.42 Å². The van der Waals surface area contributed by atoms with Gasteiger partial charge in [-0.1, -0.05) is 12.0 Å². The van der Waals surface area contributed by atoms with Crippen molar-refractivity contribution in [3.05, 3.63) is 30.6 Å². The summed E-state index contributed by atoms with van der Waals surface area (Å²) < 4.78 is 1.62. The highest BCUT2D eigenvalue weighted by Gasteiger charge is 2.06. The number of amides is 1. The van der Waals surface area contributed by atoms with Crippen LogP contribution in [0.3, 0.4) is 0 Å². The molecule has 1 aromatic rings. The average molecular weight is 189 g/mol. The third-order valence-corrected chi connectivity index (χ3v) is 1.54. The number of nitrogens with zero attached hydrogens (tertiary/aromatic N) is 2. The summed E-state index contributed by atoms with van der Waals surface area (Å²) in [5, 5.41) is 6.54. The van der Waals surface area contributed by atoms with E-state index in [2.05, 4.69) is 22.9 Å². The lowest BCUT2D eigenvalue weighted by molar-refractivity contribution is 0.0953. The topological polar surface area (TPSA) is 46.9 Å². The van der Waals surface area contributed by atoms with Gasteiger partial charge in [0.2, 0.25) is 0 Å². The molecule has 1 rings (SSSR count). The highest BCUT2D eigenvalue weighted by atomic mass is 16.1. The Labute approximate surface area is 82.6 Å². The van der Waals surface area contributed by atoms with Crippen LogP contribution < -0.4 is 5.32 Å². The smallest absolute Gasteiger partial charge is 0.272 e. The van der Waals surface area contributed by atoms with Gasteiger partial charge in [-0.25, -0.2) is 0 Å². The minimum atomic E-state index is -0.259. The molecular formula is C10H11N3O. The Bertz CT molecular complexity index is 373. The van der Waals surface area contributed by atoms with Crippen molar-refractivity contribution in [1.82, 2.24) is 15.1 Å². The summed E-state index contributed by atoms with van der Waals surface area (Å²) in [5.41, 5.74) is 0.363. The molecule has 0 spiro atoms. The molecule has 0 aliphatic carbocycles. The summed E-state index contributed by atoms with van der Waals surface area (Å²) >= 11 is 0. The van der Waals surface area contributed by atoms with Gasteiger partial charge in [0.25, 0.3) is 5.91 Å². The summed E-state index contributed by atoms with van der Waals surface area (Å²) in [5.74, 6) is 2.06. The predicted molar refractivity (Wildman–Crippen MR) is 53.6 cm³/mol. The Morgan fingerprint density at radius 2 is 2.64 bits per heavy atom. The maximum absolute atomic E-state index is 11.3. The Balaban J connectivity index is 2.62. The van der Waals surface area contributed by atoms with E-state index in [1.807, 2.05) is 0 Å². The first kappa shape index (κ1) is 10.1. The van der Waals surface area contributed by atoms with Gasteiger partial charge in [0.1, 0.15) is 5.69 Å². The van der Waals surface area contributed by atoms with Gasteiger partial charge in [-0.05, 0) is 6.07 Å². The van der Waals surface area contributed by atoms with Gasteiger partial charge in [-0.15, -0.1) is 13.0 Å². The fourth-order valence-corrected chi connectivity index (χ4v) is 0.939. The van der Waals surface area contributed by atoms with Gasteiger partial charge in [-0.2, -0.15) is 5.10 Å². The molecule has 0 saturated heterocycles. The highest BCUT2D eigenvalue weighted by molar-refractivity contribution is 5.92. The van der Waals surface area contributed by atoms with Crippen molar-refractivity contribution < 1.29 is 4.79 Å². The van der Waals surface area contributed by atoms with Crippen molar-refractivity contribution in [1.29, 1.82) is 0 Å². The molecule has 0 aromatic carbocycles. The maximum Gasteiger partial charge on any atom is 0.272 e. The van der Waals surface area contributed by atoms with Crippen molar-refractivity contribution >= 4 is 5.91 Å². The fourth-order valence-electron chi connectivity index (χ4n) is 0.939. The van der Waals surface area contributed by atoms with Gasteiger partial charge in [0.05, 0.1) is 13.1 Å². The Morgan fingerprint density at radius 3 is 3.29 bits per heavy atom. The molecule has 0 aliphatic heterocycles. The van der Waals surface area contributed by atoms with E-state index in [-0.39, 0.29) is 12.5 Å². The molecule has 14 heavy (non-hydrogen) atoms. The molecule has 0 radical (unpaired) electrons. The van der Waals surface area contributed by atoms with Crippen molar-refractivity contribution in [2.45, 2.75) is 6.54 Å². The molecule has 4 heteroatoms. The van der Waals surface area contributed by atoms with Gasteiger partial charge >= 0.3 is 0 Å². The van der Waals surface area contributed by atoms with Crippen LogP contribution in [0.25, 0.3) is 0 Å². The molecular weight excluding hydrogens is 178 g/mol. The van der Waals surface area contributed by atoms with Crippen LogP contribution in [0.1, 0.15) is 10.5 Å². The van der Waals surface area contributed by atoms with E-state index >= 15 is 0 Å². The monoisotopic (exact) mass is 189 g/mol. The number of carbonyl (C=O) groups excluding carboxylic acids is 1. The van der Waals surface area contributed by atoms with Crippen LogP contribution in [-0.4, -0.2) is 22.2 Å². The molecule has 72 valence electrons. The molecule has 1 N–H and O–H groups in total. The first-order valence-corrected chi connectivity index (χ1v) is 4.14. The van der Waals surface area contributed by atoms with Crippen LogP contribution in [0.4, 0.5) is 0 Å². The average Bonchev–Trinajstić information content (AvgIpc) is 2.63. The summed E-state index contributed by atoms with van der Waals surface area (Å²) in [6.07, 6.45) is 8.42. The summed E-state index contributed by atoms with van der Waals surface area (Å²) in [7, 11) is 0. The van der Waals surface area contributed by atoms with E-state index in [1.54, 1.807) is 23.0 Å². The van der Waals surface area contributed by atoms with E-state index in [0.717, 1.165) is 0 Å². The normalized spacial score (nSPS) is 9.07. The van der Waals surface area contributed by atoms with Crippen LogP contribution in [0.5, 0.6) is 0 Å². The number of rotatable bonds is 4. The molecule has 0 fully saturated rings. The van der Waals surface area contributed by atoms with Gasteiger partial charge < -0.3 is 5.32 Å². The molecule has 0 atom stereocenters. The third kappa shape index (κ3) is 2.49. The quantitative estimate of drug-likeness (QED) is 0.551. The number of hydrogen-bond acceptors (Lipinski definition) is 2. The van der Waals surface area contributed by atoms with Crippen LogP contribution in [0.15, 0.2) is 24.9 Å². The van der Waals surface area contributed by atoms with Gasteiger partial charge in [0, 0.05) is 6.20 Å². The summed E-state index contributed by atoms with van der Waals surface area (Å²) in [6.45, 7) is 4.37. The zero-order valence-corrected chi connectivity index (χ0v) is 7.73. The number of terminal acetylenes is 1. The highest BCUT2D eigenvalue weighted by Crippen LogP contribution is 1.95. The van der Waals surface area contributed by atoms with E-state index in [9.17, 15) is 4.79 Å². The lowest BCUT2D eigenvalue weighted by Crippen LogP contribution is -2.24. The number of aromatic nitrogens is 2. The second-order valence-electron chi connectivity index (χ2n) is 2.60. The van der Waals surface area contributed by atoms with Gasteiger partial charge in [-0.3, -0.25) is 9.48 Å². The lowest BCUT2D eigenvalue weighted by atomic mass is 10.4. The first-order valence-electron chi connectivity index (χ1n) is 4.14. The zero-order valence-electron chi connectivity index (χ0n) is 7.73. The standard InChI is InChI=1S/C10H11N3O/c1-3-6-11-10(14)9-5-8-13(12-9)7-4-2/h1,4-5,8H,2,6-7H2,(H,11,14). The first-order chi connectivity index (χ1) is 6.77. The number of nitrogens with one attached hydrogen (secondary N) is 1. The molecule has 0 bridgehead atoms. The Kier molecular flexibility index (Phi) is 3.50. The molecule has 1 amide bonds. The minimum Gasteiger partial charge on any atom is -0.340 e. The molecule has 1 heterocycles. The van der Waals surface area contributed by atoms with E-state index in [0.29, 0.717) is 12.2 Å². The van der Waals surface area contributed by atoms with E-state index < -0.39 is 0 Å². The largest absolute Gasteiger partial charge is 0.340 e. The van der Waals surface area contributed by atoms with Crippen LogP contribution in [-0.2, 0) is 6.54 Å². The number of carbonyl (C=O) groups is 1. The van der Waals surface area contributed by atoms with Crippen LogP contribution >= 0.6 is 0 Å². The third-order valence-electron chi connectivity index (χ3n) is 1.54. The second-order valence-corrected chi connectivity index (χ2v) is 2.60. The van der Waals surface area contributed by atoms with Crippen molar-refractivity contribution in [3.8, 4) is 12.3 Å². The van der Waals surface area contributed by atoms with Crippen molar-refractivity contribution in [3.63, 3.8) is 0 Å². The fraction of sp³-hybridized carbons (Fsp3) is 0.200.